The zero-order valence-electron chi connectivity index (χ0n) is 12.2. The van der Waals surface area contributed by atoms with E-state index in [2.05, 4.69) is 35.9 Å². The summed E-state index contributed by atoms with van der Waals surface area (Å²) in [6.45, 7) is 1.02. The average molecular weight is 332 g/mol. The Bertz CT molecular complexity index is 544. The van der Waals surface area contributed by atoms with Gasteiger partial charge in [0.25, 0.3) is 0 Å². The number of urea groups is 1. The lowest BCUT2D eigenvalue weighted by atomic mass is 10.1. The highest BCUT2D eigenvalue weighted by molar-refractivity contribution is 7.79. The van der Waals surface area contributed by atoms with Crippen LogP contribution in [0.15, 0.2) is 48.5 Å². The number of hydrogen-bond donors (Lipinski definition) is 4. The second-order valence-corrected chi connectivity index (χ2v) is 5.62. The lowest BCUT2D eigenvalue weighted by Gasteiger charge is -2.08. The molecule has 0 aliphatic heterocycles. The van der Waals surface area contributed by atoms with Crippen LogP contribution in [0.25, 0.3) is 0 Å². The minimum absolute atomic E-state index is 0.170. The molecule has 0 spiro atoms. The van der Waals surface area contributed by atoms with E-state index in [0.29, 0.717) is 13.1 Å². The Morgan fingerprint density at radius 1 is 0.682 bits per heavy atom. The third kappa shape index (κ3) is 5.31. The van der Waals surface area contributed by atoms with E-state index in [0.717, 1.165) is 22.6 Å². The van der Waals surface area contributed by atoms with E-state index in [1.807, 2.05) is 48.5 Å². The predicted octanol–water partition coefficient (Wildman–Crippen LogP) is 3.55. The van der Waals surface area contributed by atoms with Crippen molar-refractivity contribution in [2.75, 3.05) is 0 Å². The quantitative estimate of drug-likeness (QED) is 0.601. The molecule has 0 saturated carbocycles. The third-order valence-electron chi connectivity index (χ3n) is 3.32. The van der Waals surface area contributed by atoms with Gasteiger partial charge < -0.3 is 10.6 Å². The lowest BCUT2D eigenvalue weighted by molar-refractivity contribution is 0.240. The van der Waals surface area contributed by atoms with Gasteiger partial charge in [0.1, 0.15) is 0 Å². The number of carbonyl (C=O) groups excluding carboxylic acids is 1. The fourth-order valence-corrected chi connectivity index (χ4v) is 2.37. The summed E-state index contributed by atoms with van der Waals surface area (Å²) in [6.07, 6.45) is 0. The molecule has 2 N–H and O–H groups in total. The molecule has 2 aromatic carbocycles. The Morgan fingerprint density at radius 2 is 1.00 bits per heavy atom. The van der Waals surface area contributed by atoms with Gasteiger partial charge in [-0.15, -0.1) is 0 Å². The second kappa shape index (κ2) is 8.76. The summed E-state index contributed by atoms with van der Waals surface area (Å²) >= 11 is 8.44. The normalized spacial score (nSPS) is 10.3. The van der Waals surface area contributed by atoms with Crippen molar-refractivity contribution in [1.29, 1.82) is 0 Å². The second-order valence-electron chi connectivity index (χ2n) is 4.99. The van der Waals surface area contributed by atoms with Crippen LogP contribution in [0.2, 0.25) is 0 Å². The molecular weight excluding hydrogens is 312 g/mol. The molecule has 0 aliphatic rings. The Morgan fingerprint density at radius 3 is 1.32 bits per heavy atom. The topological polar surface area (TPSA) is 41.1 Å². The van der Waals surface area contributed by atoms with Gasteiger partial charge in [-0.05, 0) is 22.3 Å². The number of nitrogens with one attached hydrogen (secondary N) is 2. The van der Waals surface area contributed by atoms with Gasteiger partial charge in [0, 0.05) is 24.6 Å². The monoisotopic (exact) mass is 332 g/mol. The Kier molecular flexibility index (Phi) is 6.68. The van der Waals surface area contributed by atoms with E-state index < -0.39 is 0 Å². The summed E-state index contributed by atoms with van der Waals surface area (Å²) in [7, 11) is 0. The molecule has 0 bridgehead atoms. The number of benzene rings is 2. The molecule has 0 saturated heterocycles. The molecule has 2 rings (SSSR count). The van der Waals surface area contributed by atoms with E-state index >= 15 is 0 Å². The van der Waals surface area contributed by atoms with Gasteiger partial charge in [-0.2, -0.15) is 25.3 Å². The highest BCUT2D eigenvalue weighted by atomic mass is 32.1. The van der Waals surface area contributed by atoms with Gasteiger partial charge in [-0.25, -0.2) is 4.79 Å². The minimum atomic E-state index is -0.170. The van der Waals surface area contributed by atoms with Crippen LogP contribution in [0.3, 0.4) is 0 Å². The van der Waals surface area contributed by atoms with Crippen molar-refractivity contribution in [3.8, 4) is 0 Å². The smallest absolute Gasteiger partial charge is 0.315 e. The molecule has 5 heteroatoms. The van der Waals surface area contributed by atoms with Crippen LogP contribution in [0.1, 0.15) is 22.3 Å². The molecule has 22 heavy (non-hydrogen) atoms. The minimum Gasteiger partial charge on any atom is -0.334 e. The fourth-order valence-electron chi connectivity index (χ4n) is 1.95. The van der Waals surface area contributed by atoms with Crippen molar-refractivity contribution in [1.82, 2.24) is 10.6 Å². The van der Waals surface area contributed by atoms with Crippen LogP contribution in [0, 0.1) is 0 Å². The zero-order valence-corrected chi connectivity index (χ0v) is 14.0. The van der Waals surface area contributed by atoms with Gasteiger partial charge >= 0.3 is 6.03 Å². The molecule has 2 amide bonds. The summed E-state index contributed by atoms with van der Waals surface area (Å²) in [5.74, 6) is 1.44. The van der Waals surface area contributed by atoms with Crippen LogP contribution in [0.5, 0.6) is 0 Å². The highest BCUT2D eigenvalue weighted by Crippen LogP contribution is 2.07. The van der Waals surface area contributed by atoms with Gasteiger partial charge in [-0.3, -0.25) is 0 Å². The average Bonchev–Trinajstić information content (AvgIpc) is 2.59. The van der Waals surface area contributed by atoms with Gasteiger partial charge in [0.05, 0.1) is 0 Å². The Balaban J connectivity index is 1.74. The van der Waals surface area contributed by atoms with Gasteiger partial charge in [0.2, 0.25) is 0 Å². The number of amides is 2. The fraction of sp³-hybridized carbons (Fsp3) is 0.235. The first kappa shape index (κ1) is 16.8. The Hall–Kier alpha value is -1.59. The first-order valence-electron chi connectivity index (χ1n) is 7.10. The van der Waals surface area contributed by atoms with Crippen LogP contribution in [-0.4, -0.2) is 6.03 Å². The van der Waals surface area contributed by atoms with Crippen LogP contribution >= 0.6 is 25.3 Å². The standard InChI is InChI=1S/C17H20N2OS2/c20-17(18-9-13-1-5-15(11-21)6-2-13)19-10-14-3-7-16(12-22)8-4-14/h1-8,21-22H,9-12H2,(H2,18,19,20). The van der Waals surface area contributed by atoms with E-state index in [1.54, 1.807) is 0 Å². The Labute approximate surface area is 142 Å². The predicted molar refractivity (Wildman–Crippen MR) is 97.3 cm³/mol. The summed E-state index contributed by atoms with van der Waals surface area (Å²) in [5.41, 5.74) is 4.47. The molecule has 0 radical (unpaired) electrons. The molecule has 3 nitrogen and oxygen atoms in total. The van der Waals surface area contributed by atoms with Crippen LogP contribution in [-0.2, 0) is 24.6 Å². The van der Waals surface area contributed by atoms with Crippen LogP contribution in [0.4, 0.5) is 4.79 Å². The van der Waals surface area contributed by atoms with E-state index in [1.165, 1.54) is 11.1 Å². The lowest BCUT2D eigenvalue weighted by Crippen LogP contribution is -2.34. The summed E-state index contributed by atoms with van der Waals surface area (Å²) in [5, 5.41) is 5.70. The number of thiol groups is 2. The maximum atomic E-state index is 11.8. The van der Waals surface area contributed by atoms with Crippen molar-refractivity contribution in [3.05, 3.63) is 70.8 Å². The van der Waals surface area contributed by atoms with E-state index in [9.17, 15) is 4.79 Å². The molecule has 0 aromatic heterocycles. The first-order valence-corrected chi connectivity index (χ1v) is 8.37. The summed E-state index contributed by atoms with van der Waals surface area (Å²) in [6, 6.07) is 15.9. The van der Waals surface area contributed by atoms with E-state index in [-0.39, 0.29) is 6.03 Å². The summed E-state index contributed by atoms with van der Waals surface area (Å²) in [4.78, 5) is 11.8. The molecule has 0 heterocycles. The highest BCUT2D eigenvalue weighted by Gasteiger charge is 2.01. The van der Waals surface area contributed by atoms with Crippen molar-refractivity contribution in [2.45, 2.75) is 24.6 Å². The maximum absolute atomic E-state index is 11.8. The van der Waals surface area contributed by atoms with E-state index in [4.69, 9.17) is 0 Å². The van der Waals surface area contributed by atoms with Crippen molar-refractivity contribution in [3.63, 3.8) is 0 Å². The molecule has 0 aliphatic carbocycles. The number of hydrogen-bond acceptors (Lipinski definition) is 3. The summed E-state index contributed by atoms with van der Waals surface area (Å²) < 4.78 is 0. The molecule has 2 aromatic rings. The third-order valence-corrected chi connectivity index (χ3v) is 4.05. The number of carbonyl (C=O) groups is 1. The largest absolute Gasteiger partial charge is 0.334 e. The van der Waals surface area contributed by atoms with Crippen molar-refractivity contribution < 1.29 is 4.79 Å². The van der Waals surface area contributed by atoms with Crippen molar-refractivity contribution >= 4 is 31.3 Å². The number of rotatable bonds is 6. The van der Waals surface area contributed by atoms with Gasteiger partial charge in [-0.1, -0.05) is 48.5 Å². The molecule has 0 fully saturated rings. The van der Waals surface area contributed by atoms with Crippen molar-refractivity contribution in [2.24, 2.45) is 0 Å². The van der Waals surface area contributed by atoms with Crippen LogP contribution < -0.4 is 10.6 Å². The molecule has 116 valence electrons. The molecule has 0 atom stereocenters. The van der Waals surface area contributed by atoms with Gasteiger partial charge in [0.15, 0.2) is 0 Å². The molecule has 0 unspecified atom stereocenters. The zero-order chi connectivity index (χ0) is 15.8. The first-order chi connectivity index (χ1) is 10.7. The SMILES string of the molecule is O=C(NCc1ccc(CS)cc1)NCc1ccc(CS)cc1. The molecular formula is C17H20N2OS2. The maximum Gasteiger partial charge on any atom is 0.315 e.